The van der Waals surface area contributed by atoms with E-state index in [1.807, 2.05) is 12.1 Å². The maximum absolute atomic E-state index is 12.1. The molecule has 0 spiro atoms. The molecular formula is C22H33N5O2. The first kappa shape index (κ1) is 20.3. The Bertz CT molecular complexity index is 706. The first-order valence-electron chi connectivity index (χ1n) is 11.0. The highest BCUT2D eigenvalue weighted by Crippen LogP contribution is 2.27. The lowest BCUT2D eigenvalue weighted by atomic mass is 9.90. The van der Waals surface area contributed by atoms with Crippen LogP contribution in [0.3, 0.4) is 0 Å². The Labute approximate surface area is 173 Å². The van der Waals surface area contributed by atoms with E-state index in [-0.39, 0.29) is 17.7 Å². The van der Waals surface area contributed by atoms with Crippen LogP contribution in [0, 0.1) is 0 Å². The molecule has 0 saturated carbocycles. The topological polar surface area (TPSA) is 81.9 Å². The van der Waals surface area contributed by atoms with E-state index in [4.69, 9.17) is 5.73 Å². The van der Waals surface area contributed by atoms with Crippen LogP contribution in [0.1, 0.15) is 37.2 Å². The number of piperidine rings is 2. The van der Waals surface area contributed by atoms with E-state index in [1.54, 1.807) is 0 Å². The molecule has 1 aromatic carbocycles. The molecule has 0 radical (unpaired) electrons. The fraction of sp³-hybridized carbons (Fsp3) is 0.636. The van der Waals surface area contributed by atoms with Crippen molar-refractivity contribution in [1.29, 1.82) is 0 Å². The normalized spacial score (nSPS) is 25.3. The highest BCUT2D eigenvalue weighted by Gasteiger charge is 2.28. The van der Waals surface area contributed by atoms with Gasteiger partial charge in [0.15, 0.2) is 0 Å². The number of carbonyl (C=O) groups is 2. The van der Waals surface area contributed by atoms with Gasteiger partial charge in [0.2, 0.25) is 11.8 Å². The smallest absolute Gasteiger partial charge is 0.234 e. The third kappa shape index (κ3) is 5.15. The third-order valence-electron chi connectivity index (χ3n) is 6.64. The maximum Gasteiger partial charge on any atom is 0.234 e. The molecular weight excluding hydrogens is 366 g/mol. The Morgan fingerprint density at radius 2 is 1.48 bits per heavy atom. The van der Waals surface area contributed by atoms with Gasteiger partial charge in [-0.25, -0.2) is 0 Å². The van der Waals surface area contributed by atoms with Gasteiger partial charge < -0.3 is 15.5 Å². The second-order valence-electron chi connectivity index (χ2n) is 8.60. The Morgan fingerprint density at radius 1 is 0.862 bits per heavy atom. The van der Waals surface area contributed by atoms with Crippen LogP contribution in [0.4, 0.5) is 5.69 Å². The van der Waals surface area contributed by atoms with Crippen molar-refractivity contribution >= 4 is 17.5 Å². The molecule has 0 bridgehead atoms. The van der Waals surface area contributed by atoms with Crippen LogP contribution in [0.2, 0.25) is 0 Å². The number of nitrogens with two attached hydrogens (primary N) is 1. The lowest BCUT2D eigenvalue weighted by Gasteiger charge is -2.38. The number of benzene rings is 1. The van der Waals surface area contributed by atoms with E-state index < -0.39 is 0 Å². The second kappa shape index (κ2) is 9.24. The molecule has 29 heavy (non-hydrogen) atoms. The van der Waals surface area contributed by atoms with Crippen molar-refractivity contribution in [3.8, 4) is 0 Å². The minimum atomic E-state index is -0.206. The molecule has 3 aliphatic heterocycles. The lowest BCUT2D eigenvalue weighted by molar-refractivity contribution is -0.134. The molecule has 3 fully saturated rings. The van der Waals surface area contributed by atoms with Crippen molar-refractivity contribution in [3.63, 3.8) is 0 Å². The number of anilines is 1. The first-order valence-corrected chi connectivity index (χ1v) is 11.0. The van der Waals surface area contributed by atoms with Crippen LogP contribution in [0.5, 0.6) is 0 Å². The zero-order valence-electron chi connectivity index (χ0n) is 17.2. The Balaban J connectivity index is 1.23. The van der Waals surface area contributed by atoms with Gasteiger partial charge in [-0.05, 0) is 50.0 Å². The standard InChI is InChI=1S/C22H33N5O2/c23-18-7-9-25(10-8-18)11-12-26-13-15-27(16-14-26)19-3-1-17(2-4-19)20-5-6-21(28)24-22(20)29/h1-4,18,20H,5-16,23H2,(H,24,28,29). The number of amides is 2. The Hall–Kier alpha value is -1.96. The zero-order valence-corrected chi connectivity index (χ0v) is 17.2. The fourth-order valence-electron chi connectivity index (χ4n) is 4.62. The van der Waals surface area contributed by atoms with E-state index in [2.05, 4.69) is 32.1 Å². The van der Waals surface area contributed by atoms with Crippen LogP contribution >= 0.6 is 0 Å². The third-order valence-corrected chi connectivity index (χ3v) is 6.64. The Kier molecular flexibility index (Phi) is 6.47. The Morgan fingerprint density at radius 3 is 2.10 bits per heavy atom. The van der Waals surface area contributed by atoms with Gasteiger partial charge in [0.25, 0.3) is 0 Å². The summed E-state index contributed by atoms with van der Waals surface area (Å²) in [6, 6.07) is 8.72. The largest absolute Gasteiger partial charge is 0.369 e. The number of imide groups is 1. The summed E-state index contributed by atoms with van der Waals surface area (Å²) >= 11 is 0. The molecule has 3 heterocycles. The van der Waals surface area contributed by atoms with E-state index in [1.165, 1.54) is 5.69 Å². The van der Waals surface area contributed by atoms with Crippen molar-refractivity contribution < 1.29 is 9.59 Å². The summed E-state index contributed by atoms with van der Waals surface area (Å²) in [6.45, 7) is 8.79. The summed E-state index contributed by atoms with van der Waals surface area (Å²) in [6.07, 6.45) is 3.28. The molecule has 2 amide bonds. The van der Waals surface area contributed by atoms with Gasteiger partial charge in [-0.2, -0.15) is 0 Å². The van der Waals surface area contributed by atoms with Gasteiger partial charge >= 0.3 is 0 Å². The van der Waals surface area contributed by atoms with Crippen molar-refractivity contribution in [1.82, 2.24) is 15.1 Å². The number of hydrogen-bond acceptors (Lipinski definition) is 6. The summed E-state index contributed by atoms with van der Waals surface area (Å²) in [7, 11) is 0. The molecule has 3 aliphatic rings. The molecule has 3 saturated heterocycles. The average Bonchev–Trinajstić information content (AvgIpc) is 2.74. The van der Waals surface area contributed by atoms with Crippen LogP contribution in [-0.4, -0.2) is 80.0 Å². The number of piperazine rings is 1. The number of likely N-dealkylation sites (tertiary alicyclic amines) is 1. The monoisotopic (exact) mass is 399 g/mol. The molecule has 7 nitrogen and oxygen atoms in total. The van der Waals surface area contributed by atoms with E-state index in [0.29, 0.717) is 18.9 Å². The maximum atomic E-state index is 12.1. The van der Waals surface area contributed by atoms with Gasteiger partial charge in [-0.15, -0.1) is 0 Å². The van der Waals surface area contributed by atoms with Crippen molar-refractivity contribution in [3.05, 3.63) is 29.8 Å². The van der Waals surface area contributed by atoms with Crippen LogP contribution < -0.4 is 16.0 Å². The molecule has 1 atom stereocenters. The lowest BCUT2D eigenvalue weighted by Crippen LogP contribution is -2.49. The molecule has 158 valence electrons. The highest BCUT2D eigenvalue weighted by atomic mass is 16.2. The minimum absolute atomic E-state index is 0.162. The van der Waals surface area contributed by atoms with Crippen LogP contribution in [0.15, 0.2) is 24.3 Å². The van der Waals surface area contributed by atoms with E-state index >= 15 is 0 Å². The summed E-state index contributed by atoms with van der Waals surface area (Å²) in [4.78, 5) is 30.9. The average molecular weight is 400 g/mol. The second-order valence-corrected chi connectivity index (χ2v) is 8.60. The van der Waals surface area contributed by atoms with Gasteiger partial charge in [-0.1, -0.05) is 12.1 Å². The summed E-state index contributed by atoms with van der Waals surface area (Å²) in [5, 5.41) is 2.44. The quantitative estimate of drug-likeness (QED) is 0.711. The van der Waals surface area contributed by atoms with Gasteiger partial charge in [0.05, 0.1) is 5.92 Å². The van der Waals surface area contributed by atoms with Gasteiger partial charge in [-0.3, -0.25) is 19.8 Å². The number of carbonyl (C=O) groups excluding carboxylic acids is 2. The SMILES string of the molecule is NC1CCN(CCN2CCN(c3ccc(C4CCC(=O)NC4=O)cc3)CC2)CC1. The van der Waals surface area contributed by atoms with E-state index in [9.17, 15) is 9.59 Å². The first-order chi connectivity index (χ1) is 14.1. The highest BCUT2D eigenvalue weighted by molar-refractivity contribution is 6.00. The van der Waals surface area contributed by atoms with Crippen molar-refractivity contribution in [2.24, 2.45) is 5.73 Å². The van der Waals surface area contributed by atoms with Crippen molar-refractivity contribution in [2.75, 3.05) is 57.3 Å². The number of rotatable bonds is 5. The summed E-state index contributed by atoms with van der Waals surface area (Å²) in [5.74, 6) is -0.536. The van der Waals surface area contributed by atoms with Gasteiger partial charge in [0, 0.05) is 57.4 Å². The van der Waals surface area contributed by atoms with E-state index in [0.717, 1.165) is 70.8 Å². The number of nitrogens with zero attached hydrogens (tertiary/aromatic N) is 3. The molecule has 0 aromatic heterocycles. The number of hydrogen-bond donors (Lipinski definition) is 2. The minimum Gasteiger partial charge on any atom is -0.369 e. The molecule has 1 aromatic rings. The number of nitrogens with one attached hydrogen (secondary N) is 1. The summed E-state index contributed by atoms with van der Waals surface area (Å²) in [5.41, 5.74) is 8.21. The fourth-order valence-corrected chi connectivity index (χ4v) is 4.62. The zero-order chi connectivity index (χ0) is 20.2. The van der Waals surface area contributed by atoms with Gasteiger partial charge in [0.1, 0.15) is 0 Å². The predicted octanol–water partition coefficient (Wildman–Crippen LogP) is 0.752. The molecule has 4 rings (SSSR count). The van der Waals surface area contributed by atoms with Crippen LogP contribution in [-0.2, 0) is 9.59 Å². The molecule has 7 heteroatoms. The molecule has 0 aliphatic carbocycles. The molecule has 3 N–H and O–H groups in total. The molecule has 1 unspecified atom stereocenters. The predicted molar refractivity (Wildman–Crippen MR) is 114 cm³/mol. The summed E-state index contributed by atoms with van der Waals surface area (Å²) < 4.78 is 0. The van der Waals surface area contributed by atoms with Crippen LogP contribution in [0.25, 0.3) is 0 Å². The van der Waals surface area contributed by atoms with Crippen molar-refractivity contribution in [2.45, 2.75) is 37.6 Å².